The third kappa shape index (κ3) is 2.02. The summed E-state index contributed by atoms with van der Waals surface area (Å²) in [6.07, 6.45) is 4.64. The molecule has 2 rings (SSSR count). The molecule has 0 spiro atoms. The van der Waals surface area contributed by atoms with Gasteiger partial charge in [-0.2, -0.15) is 0 Å². The second kappa shape index (κ2) is 4.44. The summed E-state index contributed by atoms with van der Waals surface area (Å²) >= 11 is 0. The Morgan fingerprint density at radius 3 is 2.72 bits per heavy atom. The molecular weight excluding hydrogens is 232 g/mol. The lowest BCUT2D eigenvalue weighted by atomic mass is 10.2. The van der Waals surface area contributed by atoms with Crippen molar-refractivity contribution < 1.29 is 9.90 Å². The van der Waals surface area contributed by atoms with Crippen molar-refractivity contribution in [3.8, 4) is 5.69 Å². The lowest BCUT2D eigenvalue weighted by molar-refractivity contribution is 0.0695. The van der Waals surface area contributed by atoms with Crippen molar-refractivity contribution in [3.63, 3.8) is 0 Å². The monoisotopic (exact) mass is 244 g/mol. The van der Waals surface area contributed by atoms with Gasteiger partial charge in [-0.1, -0.05) is 0 Å². The van der Waals surface area contributed by atoms with Crippen LogP contribution >= 0.6 is 0 Å². The van der Waals surface area contributed by atoms with E-state index in [0.717, 1.165) is 11.3 Å². The molecule has 92 valence electrons. The normalized spacial score (nSPS) is 10.3. The minimum Gasteiger partial charge on any atom is -0.477 e. The zero-order chi connectivity index (χ0) is 13.3. The smallest absolute Gasteiger partial charge is 0.341 e. The van der Waals surface area contributed by atoms with Gasteiger partial charge in [0.2, 0.25) is 0 Å². The van der Waals surface area contributed by atoms with E-state index in [0.29, 0.717) is 5.69 Å². The van der Waals surface area contributed by atoms with Gasteiger partial charge in [0.15, 0.2) is 5.43 Å². The summed E-state index contributed by atoms with van der Waals surface area (Å²) in [4.78, 5) is 26.5. The van der Waals surface area contributed by atoms with Gasteiger partial charge in [0.1, 0.15) is 5.56 Å². The Bertz CT molecular complexity index is 674. The molecule has 2 heterocycles. The van der Waals surface area contributed by atoms with Gasteiger partial charge in [-0.15, -0.1) is 0 Å². The molecule has 5 heteroatoms. The van der Waals surface area contributed by atoms with E-state index in [1.807, 2.05) is 13.0 Å². The molecule has 1 N–H and O–H groups in total. The summed E-state index contributed by atoms with van der Waals surface area (Å²) in [7, 11) is 0. The van der Waals surface area contributed by atoms with Gasteiger partial charge in [0, 0.05) is 24.2 Å². The number of aryl methyl sites for hydroxylation is 2. The molecule has 5 nitrogen and oxygen atoms in total. The SMILES string of the molecule is Cc1ccncc1-n1cc(C(=O)O)c(=O)cc1C. The molecule has 0 bridgehead atoms. The maximum atomic E-state index is 11.5. The Balaban J connectivity index is 2.73. The first-order valence-corrected chi connectivity index (χ1v) is 5.38. The van der Waals surface area contributed by atoms with Gasteiger partial charge >= 0.3 is 5.97 Å². The van der Waals surface area contributed by atoms with Gasteiger partial charge in [-0.05, 0) is 25.5 Å². The van der Waals surface area contributed by atoms with E-state index in [2.05, 4.69) is 4.98 Å². The summed E-state index contributed by atoms with van der Waals surface area (Å²) in [5.74, 6) is -1.23. The van der Waals surface area contributed by atoms with Crippen LogP contribution in [0.15, 0.2) is 35.5 Å². The van der Waals surface area contributed by atoms with E-state index in [-0.39, 0.29) is 5.56 Å². The van der Waals surface area contributed by atoms with Crippen LogP contribution in [0, 0.1) is 13.8 Å². The summed E-state index contributed by atoms with van der Waals surface area (Å²) in [6, 6.07) is 3.14. The molecule has 0 radical (unpaired) electrons. The first-order chi connectivity index (χ1) is 8.50. The van der Waals surface area contributed by atoms with E-state index >= 15 is 0 Å². The summed E-state index contributed by atoms with van der Waals surface area (Å²) in [5, 5.41) is 8.97. The van der Waals surface area contributed by atoms with E-state index in [9.17, 15) is 9.59 Å². The molecule has 0 unspecified atom stereocenters. The van der Waals surface area contributed by atoms with Crippen LogP contribution in [0.5, 0.6) is 0 Å². The van der Waals surface area contributed by atoms with Crippen LogP contribution in [0.1, 0.15) is 21.6 Å². The van der Waals surface area contributed by atoms with Crippen molar-refractivity contribution in [1.82, 2.24) is 9.55 Å². The minimum atomic E-state index is -1.23. The molecule has 0 fully saturated rings. The summed E-state index contributed by atoms with van der Waals surface area (Å²) in [6.45, 7) is 3.65. The lowest BCUT2D eigenvalue weighted by Gasteiger charge is -2.13. The van der Waals surface area contributed by atoms with Gasteiger partial charge in [-0.3, -0.25) is 9.78 Å². The molecule has 0 aliphatic heterocycles. The molecule has 2 aromatic rings. The number of aromatic carboxylic acids is 1. The predicted octanol–water partition coefficient (Wildman–Crippen LogP) is 1.55. The molecular formula is C13H12N2O3. The Hall–Kier alpha value is -2.43. The molecule has 0 atom stereocenters. The van der Waals surface area contributed by atoms with Gasteiger partial charge < -0.3 is 9.67 Å². The largest absolute Gasteiger partial charge is 0.477 e. The van der Waals surface area contributed by atoms with E-state index in [1.165, 1.54) is 12.3 Å². The van der Waals surface area contributed by atoms with Gasteiger partial charge in [0.05, 0.1) is 11.9 Å². The maximum Gasteiger partial charge on any atom is 0.341 e. The zero-order valence-corrected chi connectivity index (χ0v) is 10.0. The Labute approximate surface area is 103 Å². The third-order valence-electron chi connectivity index (χ3n) is 2.75. The van der Waals surface area contributed by atoms with Crippen LogP contribution in [0.25, 0.3) is 5.69 Å². The van der Waals surface area contributed by atoms with Crippen molar-refractivity contribution in [3.05, 3.63) is 57.8 Å². The van der Waals surface area contributed by atoms with Crippen LogP contribution < -0.4 is 5.43 Å². The number of hydrogen-bond acceptors (Lipinski definition) is 3. The van der Waals surface area contributed by atoms with Crippen molar-refractivity contribution in [2.24, 2.45) is 0 Å². The van der Waals surface area contributed by atoms with Crippen LogP contribution in [-0.2, 0) is 0 Å². The van der Waals surface area contributed by atoms with Crippen LogP contribution in [0.2, 0.25) is 0 Å². The molecule has 0 amide bonds. The van der Waals surface area contributed by atoms with Crippen molar-refractivity contribution >= 4 is 5.97 Å². The second-order valence-corrected chi connectivity index (χ2v) is 4.03. The number of carboxylic acid groups (broad SMARTS) is 1. The summed E-state index contributed by atoms with van der Waals surface area (Å²) < 4.78 is 1.66. The maximum absolute atomic E-state index is 11.5. The molecule has 0 aromatic carbocycles. The zero-order valence-electron chi connectivity index (χ0n) is 10.0. The number of aromatic nitrogens is 2. The van der Waals surface area contributed by atoms with Gasteiger partial charge in [-0.25, -0.2) is 4.79 Å². The fourth-order valence-electron chi connectivity index (χ4n) is 1.76. The van der Waals surface area contributed by atoms with E-state index in [4.69, 9.17) is 5.11 Å². The molecule has 0 saturated carbocycles. The average molecular weight is 244 g/mol. The second-order valence-electron chi connectivity index (χ2n) is 4.03. The van der Waals surface area contributed by atoms with Gasteiger partial charge in [0.25, 0.3) is 0 Å². The van der Waals surface area contributed by atoms with Crippen molar-refractivity contribution in [1.29, 1.82) is 0 Å². The Morgan fingerprint density at radius 1 is 1.39 bits per heavy atom. The minimum absolute atomic E-state index is 0.246. The first kappa shape index (κ1) is 12.0. The standard InChI is InChI=1S/C13H12N2O3/c1-8-3-4-14-6-11(8)15-7-10(13(17)18)12(16)5-9(15)2/h3-7H,1-2H3,(H,17,18). The number of carbonyl (C=O) groups is 1. The Morgan fingerprint density at radius 2 is 2.11 bits per heavy atom. The summed E-state index contributed by atoms with van der Waals surface area (Å²) in [5.41, 5.74) is 1.65. The van der Waals surface area contributed by atoms with E-state index < -0.39 is 11.4 Å². The quantitative estimate of drug-likeness (QED) is 0.869. The number of nitrogens with zero attached hydrogens (tertiary/aromatic N) is 2. The average Bonchev–Trinajstić information content (AvgIpc) is 2.30. The van der Waals surface area contributed by atoms with Crippen LogP contribution in [-0.4, -0.2) is 20.6 Å². The van der Waals surface area contributed by atoms with Crippen LogP contribution in [0.3, 0.4) is 0 Å². The number of carboxylic acids is 1. The first-order valence-electron chi connectivity index (χ1n) is 5.38. The fraction of sp³-hybridized carbons (Fsp3) is 0.154. The molecule has 2 aromatic heterocycles. The highest BCUT2D eigenvalue weighted by atomic mass is 16.4. The number of hydrogen-bond donors (Lipinski definition) is 1. The Kier molecular flexibility index (Phi) is 2.97. The fourth-order valence-corrected chi connectivity index (χ4v) is 1.76. The number of pyridine rings is 2. The highest BCUT2D eigenvalue weighted by Gasteiger charge is 2.12. The highest BCUT2D eigenvalue weighted by Crippen LogP contribution is 2.14. The van der Waals surface area contributed by atoms with Crippen LogP contribution in [0.4, 0.5) is 0 Å². The predicted molar refractivity (Wildman–Crippen MR) is 66.3 cm³/mol. The van der Waals surface area contributed by atoms with Crippen molar-refractivity contribution in [2.45, 2.75) is 13.8 Å². The lowest BCUT2D eigenvalue weighted by Crippen LogP contribution is -2.18. The topological polar surface area (TPSA) is 72.2 Å². The third-order valence-corrected chi connectivity index (χ3v) is 2.75. The van der Waals surface area contributed by atoms with Crippen molar-refractivity contribution in [2.75, 3.05) is 0 Å². The molecule has 0 saturated heterocycles. The molecule has 0 aliphatic rings. The molecule has 0 aliphatic carbocycles. The highest BCUT2D eigenvalue weighted by molar-refractivity contribution is 5.87. The molecule has 18 heavy (non-hydrogen) atoms. The number of rotatable bonds is 2. The van der Waals surface area contributed by atoms with E-state index in [1.54, 1.807) is 23.9 Å².